The first-order valence-electron chi connectivity index (χ1n) is 7.33. The first-order chi connectivity index (χ1) is 10.8. The summed E-state index contributed by atoms with van der Waals surface area (Å²) in [7, 11) is -4.18. The number of hydrogen-bond acceptors (Lipinski definition) is 5. The molecule has 124 valence electrons. The summed E-state index contributed by atoms with van der Waals surface area (Å²) in [6.07, 6.45) is 1.84. The molecule has 1 aliphatic heterocycles. The summed E-state index contributed by atoms with van der Waals surface area (Å²) in [4.78, 5) is 23.9. The van der Waals surface area contributed by atoms with Crippen LogP contribution in [0.2, 0.25) is 0 Å². The zero-order chi connectivity index (χ0) is 17.0. The molecule has 1 unspecified atom stereocenters. The van der Waals surface area contributed by atoms with Crippen molar-refractivity contribution in [1.29, 1.82) is 0 Å². The Labute approximate surface area is 135 Å². The van der Waals surface area contributed by atoms with E-state index < -0.39 is 27.9 Å². The molecule has 0 spiro atoms. The van der Waals surface area contributed by atoms with Crippen molar-refractivity contribution in [3.63, 3.8) is 0 Å². The summed E-state index contributed by atoms with van der Waals surface area (Å²) in [5.41, 5.74) is 0.663. The number of carbonyl (C=O) groups excluding carboxylic acids is 2. The molecule has 1 fully saturated rings. The lowest BCUT2D eigenvalue weighted by Gasteiger charge is -2.13. The minimum absolute atomic E-state index is 0.0189. The average Bonchev–Trinajstić information content (AvgIpc) is 2.73. The van der Waals surface area contributed by atoms with E-state index in [4.69, 9.17) is 0 Å². The van der Waals surface area contributed by atoms with Crippen molar-refractivity contribution in [1.82, 2.24) is 5.06 Å². The fourth-order valence-corrected chi connectivity index (χ4v) is 3.09. The highest BCUT2D eigenvalue weighted by Gasteiger charge is 2.41. The molecule has 0 aliphatic carbocycles. The molecule has 1 aromatic carbocycles. The Hall–Kier alpha value is -1.99. The summed E-state index contributed by atoms with van der Waals surface area (Å²) in [6.45, 7) is 3.86. The van der Waals surface area contributed by atoms with Crippen LogP contribution in [0.3, 0.4) is 0 Å². The summed E-state index contributed by atoms with van der Waals surface area (Å²) >= 11 is 0. The van der Waals surface area contributed by atoms with E-state index in [2.05, 4.69) is 4.28 Å². The van der Waals surface area contributed by atoms with Crippen LogP contribution in [0.25, 0.3) is 6.08 Å². The van der Waals surface area contributed by atoms with Gasteiger partial charge in [0.25, 0.3) is 11.8 Å². The van der Waals surface area contributed by atoms with Crippen LogP contribution < -0.4 is 0 Å². The molecule has 1 aliphatic rings. The van der Waals surface area contributed by atoms with Crippen LogP contribution >= 0.6 is 0 Å². The number of hydroxylamine groups is 2. The van der Waals surface area contributed by atoms with E-state index in [1.165, 1.54) is 6.08 Å². The molecule has 1 atom stereocenters. The molecule has 23 heavy (non-hydrogen) atoms. The van der Waals surface area contributed by atoms with Gasteiger partial charge in [-0.2, -0.15) is 8.42 Å². The SMILES string of the molecule is CC(C)CC1CC(=O)N(OS(=O)(=O)/C=C/c2ccccc2)C1=O. The standard InChI is InChI=1S/C16H19NO5S/c1-12(2)10-14-11-15(18)17(16(14)19)22-23(20,21)9-8-13-6-4-3-5-7-13/h3-9,12,14H,10-11H2,1-2H3/b9-8+. The highest BCUT2D eigenvalue weighted by molar-refractivity contribution is 7.89. The zero-order valence-corrected chi connectivity index (χ0v) is 13.8. The van der Waals surface area contributed by atoms with Gasteiger partial charge in [-0.3, -0.25) is 9.59 Å². The zero-order valence-electron chi connectivity index (χ0n) is 13.0. The second kappa shape index (κ2) is 7.06. The van der Waals surface area contributed by atoms with Gasteiger partial charge >= 0.3 is 10.1 Å². The summed E-state index contributed by atoms with van der Waals surface area (Å²) < 4.78 is 28.5. The lowest BCUT2D eigenvalue weighted by molar-refractivity contribution is -0.164. The third-order valence-electron chi connectivity index (χ3n) is 3.36. The fourth-order valence-electron chi connectivity index (χ4n) is 2.36. The smallest absolute Gasteiger partial charge is 0.272 e. The van der Waals surface area contributed by atoms with Crippen molar-refractivity contribution in [2.24, 2.45) is 11.8 Å². The second-order valence-electron chi connectivity index (χ2n) is 5.84. The predicted octanol–water partition coefficient (Wildman–Crippen LogP) is 2.34. The Bertz CT molecular complexity index is 709. The minimum atomic E-state index is -4.18. The molecular formula is C16H19NO5S. The third kappa shape index (κ3) is 4.74. The molecular weight excluding hydrogens is 318 g/mol. The quantitative estimate of drug-likeness (QED) is 0.744. The lowest BCUT2D eigenvalue weighted by atomic mass is 9.96. The molecule has 0 aromatic heterocycles. The van der Waals surface area contributed by atoms with Crippen LogP contribution in [0.1, 0.15) is 32.3 Å². The molecule has 0 saturated carbocycles. The van der Waals surface area contributed by atoms with E-state index in [0.717, 1.165) is 5.41 Å². The molecule has 7 heteroatoms. The van der Waals surface area contributed by atoms with Crippen molar-refractivity contribution in [2.75, 3.05) is 0 Å². The Morgan fingerprint density at radius 2 is 1.91 bits per heavy atom. The molecule has 1 aromatic rings. The molecule has 0 radical (unpaired) electrons. The van der Waals surface area contributed by atoms with Crippen LogP contribution in [-0.4, -0.2) is 25.3 Å². The average molecular weight is 337 g/mol. The molecule has 2 rings (SSSR count). The Morgan fingerprint density at radius 3 is 2.52 bits per heavy atom. The van der Waals surface area contributed by atoms with Crippen molar-refractivity contribution < 1.29 is 22.3 Å². The Morgan fingerprint density at radius 1 is 1.26 bits per heavy atom. The van der Waals surface area contributed by atoms with Crippen LogP contribution in [0, 0.1) is 11.8 Å². The summed E-state index contributed by atoms with van der Waals surface area (Å²) in [5, 5.41) is 1.20. The van der Waals surface area contributed by atoms with Gasteiger partial charge in [-0.05, 0) is 24.0 Å². The maximum atomic E-state index is 12.1. The largest absolute Gasteiger partial charge is 0.311 e. The van der Waals surface area contributed by atoms with Crippen molar-refractivity contribution in [3.8, 4) is 0 Å². The Balaban J connectivity index is 2.07. The first-order valence-corrected chi connectivity index (χ1v) is 8.80. The maximum Gasteiger partial charge on any atom is 0.311 e. The molecule has 1 saturated heterocycles. The second-order valence-corrected chi connectivity index (χ2v) is 7.24. The van der Waals surface area contributed by atoms with E-state index in [1.54, 1.807) is 30.3 Å². The number of imide groups is 1. The van der Waals surface area contributed by atoms with Gasteiger partial charge in [0.2, 0.25) is 0 Å². The molecule has 6 nitrogen and oxygen atoms in total. The Kier molecular flexibility index (Phi) is 5.33. The number of nitrogens with zero attached hydrogens (tertiary/aromatic N) is 1. The summed E-state index contributed by atoms with van der Waals surface area (Å²) in [6, 6.07) is 8.76. The van der Waals surface area contributed by atoms with E-state index in [9.17, 15) is 18.0 Å². The van der Waals surface area contributed by atoms with Crippen LogP contribution in [0.4, 0.5) is 0 Å². The number of rotatable bonds is 6. The van der Waals surface area contributed by atoms with E-state index in [-0.39, 0.29) is 12.3 Å². The van der Waals surface area contributed by atoms with Crippen molar-refractivity contribution in [2.45, 2.75) is 26.7 Å². The van der Waals surface area contributed by atoms with Gasteiger partial charge in [0.1, 0.15) is 0 Å². The topological polar surface area (TPSA) is 80.8 Å². The fraction of sp³-hybridized carbons (Fsp3) is 0.375. The molecule has 2 amide bonds. The minimum Gasteiger partial charge on any atom is -0.272 e. The predicted molar refractivity (Wildman–Crippen MR) is 84.9 cm³/mol. The lowest BCUT2D eigenvalue weighted by Crippen LogP contribution is -2.33. The maximum absolute atomic E-state index is 12.1. The monoisotopic (exact) mass is 337 g/mol. The number of benzene rings is 1. The summed E-state index contributed by atoms with van der Waals surface area (Å²) in [5.74, 6) is -1.51. The normalized spacial score (nSPS) is 19.3. The molecule has 0 bridgehead atoms. The van der Waals surface area contributed by atoms with Gasteiger partial charge in [0.15, 0.2) is 0 Å². The van der Waals surface area contributed by atoms with E-state index in [0.29, 0.717) is 17.0 Å². The van der Waals surface area contributed by atoms with Gasteiger partial charge in [0, 0.05) is 12.3 Å². The van der Waals surface area contributed by atoms with E-state index in [1.807, 2.05) is 13.8 Å². The molecule has 0 N–H and O–H groups in total. The van der Waals surface area contributed by atoms with Gasteiger partial charge in [-0.15, -0.1) is 9.35 Å². The third-order valence-corrected chi connectivity index (χ3v) is 4.18. The van der Waals surface area contributed by atoms with Gasteiger partial charge < -0.3 is 0 Å². The van der Waals surface area contributed by atoms with E-state index >= 15 is 0 Å². The first kappa shape index (κ1) is 17.4. The molecule has 1 heterocycles. The van der Waals surface area contributed by atoms with Gasteiger partial charge in [-0.1, -0.05) is 44.2 Å². The highest BCUT2D eigenvalue weighted by Crippen LogP contribution is 2.27. The van der Waals surface area contributed by atoms with Crippen LogP contribution in [0.15, 0.2) is 35.7 Å². The highest BCUT2D eigenvalue weighted by atomic mass is 32.2. The number of hydrogen-bond donors (Lipinski definition) is 0. The van der Waals surface area contributed by atoms with Crippen molar-refractivity contribution in [3.05, 3.63) is 41.3 Å². The van der Waals surface area contributed by atoms with Crippen molar-refractivity contribution >= 4 is 28.0 Å². The number of amides is 2. The number of carbonyl (C=O) groups is 2. The van der Waals surface area contributed by atoms with Crippen LogP contribution in [-0.2, 0) is 24.0 Å². The van der Waals surface area contributed by atoms with Gasteiger partial charge in [-0.25, -0.2) is 0 Å². The van der Waals surface area contributed by atoms with Crippen LogP contribution in [0.5, 0.6) is 0 Å². The van der Waals surface area contributed by atoms with Gasteiger partial charge in [0.05, 0.1) is 5.41 Å².